The van der Waals surface area contributed by atoms with Gasteiger partial charge in [-0.05, 0) is 6.42 Å². The molecule has 3 nitrogen and oxygen atoms in total. The molecular formula is C7H12FNO2. The van der Waals surface area contributed by atoms with Crippen LogP contribution in [0.3, 0.4) is 0 Å². The van der Waals surface area contributed by atoms with Crippen molar-refractivity contribution in [2.45, 2.75) is 32.0 Å². The summed E-state index contributed by atoms with van der Waals surface area (Å²) in [4.78, 5) is 10.6. The van der Waals surface area contributed by atoms with E-state index < -0.39 is 12.3 Å². The predicted molar refractivity (Wildman–Crippen MR) is 38.1 cm³/mol. The maximum absolute atomic E-state index is 12.9. The Morgan fingerprint density at radius 3 is 3.18 bits per heavy atom. The number of hydrogen-bond donors (Lipinski definition) is 1. The number of carbonyl (C=O) groups is 1. The quantitative estimate of drug-likeness (QED) is 0.661. The van der Waals surface area contributed by atoms with Gasteiger partial charge in [-0.3, -0.25) is 0 Å². The fraction of sp³-hybridized carbons (Fsp3) is 0.857. The molecule has 1 fully saturated rings. The highest BCUT2D eigenvalue weighted by molar-refractivity contribution is 5.68. The lowest BCUT2D eigenvalue weighted by Crippen LogP contribution is -2.46. The van der Waals surface area contributed by atoms with Crippen LogP contribution in [0, 0.1) is 0 Å². The van der Waals surface area contributed by atoms with E-state index in [0.29, 0.717) is 19.4 Å². The van der Waals surface area contributed by atoms with Crippen molar-refractivity contribution in [3.05, 3.63) is 0 Å². The van der Waals surface area contributed by atoms with E-state index in [-0.39, 0.29) is 6.04 Å². The van der Waals surface area contributed by atoms with Gasteiger partial charge in [-0.25, -0.2) is 9.18 Å². The predicted octanol–water partition coefficient (Wildman–Crippen LogP) is 1.23. The molecular weight excluding hydrogens is 149 g/mol. The average Bonchev–Trinajstić information content (AvgIpc) is 2.03. The van der Waals surface area contributed by atoms with Crippen LogP contribution in [-0.2, 0) is 4.74 Å². The summed E-state index contributed by atoms with van der Waals surface area (Å²) in [6.07, 6.45) is -0.439. The minimum Gasteiger partial charge on any atom is -0.449 e. The third-order valence-electron chi connectivity index (χ3n) is 1.79. The first-order chi connectivity index (χ1) is 5.24. The van der Waals surface area contributed by atoms with E-state index in [1.807, 2.05) is 0 Å². The smallest absolute Gasteiger partial charge is 0.407 e. The molecule has 1 N–H and O–H groups in total. The molecule has 0 aromatic rings. The number of rotatable bonds is 2. The first kappa shape index (κ1) is 8.30. The number of cyclic esters (lactones) is 1. The van der Waals surface area contributed by atoms with E-state index in [2.05, 4.69) is 10.1 Å². The molecule has 1 aliphatic rings. The molecule has 2 atom stereocenters. The number of halogens is 1. The van der Waals surface area contributed by atoms with E-state index in [1.165, 1.54) is 0 Å². The highest BCUT2D eigenvalue weighted by Crippen LogP contribution is 2.11. The highest BCUT2D eigenvalue weighted by atomic mass is 19.1. The zero-order valence-corrected chi connectivity index (χ0v) is 6.47. The Bertz CT molecular complexity index is 151. The molecule has 1 saturated heterocycles. The van der Waals surface area contributed by atoms with Crippen LogP contribution in [0.25, 0.3) is 0 Å². The fourth-order valence-corrected chi connectivity index (χ4v) is 1.10. The van der Waals surface area contributed by atoms with E-state index in [0.717, 1.165) is 0 Å². The summed E-state index contributed by atoms with van der Waals surface area (Å²) in [7, 11) is 0. The Morgan fingerprint density at radius 2 is 2.64 bits per heavy atom. The molecule has 0 aromatic carbocycles. The number of amides is 1. The minimum atomic E-state index is -0.942. The summed E-state index contributed by atoms with van der Waals surface area (Å²) in [6.45, 7) is 2.09. The summed E-state index contributed by atoms with van der Waals surface area (Å²) in [6, 6.07) is -0.346. The van der Waals surface area contributed by atoms with Crippen LogP contribution in [-0.4, -0.2) is 24.9 Å². The van der Waals surface area contributed by atoms with Crippen molar-refractivity contribution in [2.24, 2.45) is 0 Å². The minimum absolute atomic E-state index is 0.330. The van der Waals surface area contributed by atoms with Gasteiger partial charge in [-0.1, -0.05) is 6.92 Å². The number of ether oxygens (including phenoxy) is 1. The highest BCUT2D eigenvalue weighted by Gasteiger charge is 2.25. The van der Waals surface area contributed by atoms with E-state index >= 15 is 0 Å². The van der Waals surface area contributed by atoms with Crippen molar-refractivity contribution in [1.82, 2.24) is 5.32 Å². The summed E-state index contributed by atoms with van der Waals surface area (Å²) in [5.74, 6) is 0. The molecule has 0 saturated carbocycles. The van der Waals surface area contributed by atoms with Crippen molar-refractivity contribution in [1.29, 1.82) is 0 Å². The Hall–Kier alpha value is -0.800. The molecule has 11 heavy (non-hydrogen) atoms. The van der Waals surface area contributed by atoms with Crippen molar-refractivity contribution < 1.29 is 13.9 Å². The first-order valence-corrected chi connectivity index (χ1v) is 3.81. The summed E-state index contributed by atoms with van der Waals surface area (Å²) in [5, 5.41) is 2.43. The van der Waals surface area contributed by atoms with Crippen molar-refractivity contribution in [2.75, 3.05) is 6.61 Å². The van der Waals surface area contributed by atoms with Gasteiger partial charge in [0.25, 0.3) is 0 Å². The number of alkyl halides is 1. The SMILES string of the molecule is CC[C@H](F)[C@H]1CCOC(=O)N1. The lowest BCUT2D eigenvalue weighted by Gasteiger charge is -2.25. The molecule has 4 heteroatoms. The molecule has 0 bridgehead atoms. The molecule has 0 radical (unpaired) electrons. The molecule has 1 rings (SSSR count). The maximum atomic E-state index is 12.9. The van der Waals surface area contributed by atoms with E-state index in [9.17, 15) is 9.18 Å². The average molecular weight is 161 g/mol. The molecule has 0 spiro atoms. The Morgan fingerprint density at radius 1 is 1.91 bits per heavy atom. The lowest BCUT2D eigenvalue weighted by atomic mass is 10.1. The molecule has 0 aliphatic carbocycles. The summed E-state index contributed by atoms with van der Waals surface area (Å²) < 4.78 is 17.5. The molecule has 1 aliphatic heterocycles. The second-order valence-corrected chi connectivity index (χ2v) is 2.60. The Kier molecular flexibility index (Phi) is 2.68. The van der Waals surface area contributed by atoms with Gasteiger partial charge >= 0.3 is 6.09 Å². The van der Waals surface area contributed by atoms with Crippen LogP contribution in [0.1, 0.15) is 19.8 Å². The first-order valence-electron chi connectivity index (χ1n) is 3.81. The van der Waals surface area contributed by atoms with E-state index in [4.69, 9.17) is 0 Å². The van der Waals surface area contributed by atoms with Gasteiger partial charge in [0.2, 0.25) is 0 Å². The summed E-state index contributed by atoms with van der Waals surface area (Å²) >= 11 is 0. The third-order valence-corrected chi connectivity index (χ3v) is 1.79. The van der Waals surface area contributed by atoms with Crippen LogP contribution >= 0.6 is 0 Å². The topological polar surface area (TPSA) is 38.3 Å². The van der Waals surface area contributed by atoms with Crippen molar-refractivity contribution in [3.8, 4) is 0 Å². The van der Waals surface area contributed by atoms with Gasteiger partial charge in [0.1, 0.15) is 6.17 Å². The van der Waals surface area contributed by atoms with Crippen LogP contribution in [0.4, 0.5) is 9.18 Å². The zero-order valence-electron chi connectivity index (χ0n) is 6.47. The van der Waals surface area contributed by atoms with Crippen LogP contribution in [0.5, 0.6) is 0 Å². The van der Waals surface area contributed by atoms with Gasteiger partial charge in [-0.2, -0.15) is 0 Å². The number of hydrogen-bond acceptors (Lipinski definition) is 2. The largest absolute Gasteiger partial charge is 0.449 e. The van der Waals surface area contributed by atoms with Crippen LogP contribution in [0.2, 0.25) is 0 Å². The van der Waals surface area contributed by atoms with Crippen molar-refractivity contribution >= 4 is 6.09 Å². The molecule has 0 unspecified atom stereocenters. The molecule has 64 valence electrons. The second-order valence-electron chi connectivity index (χ2n) is 2.60. The number of nitrogens with one attached hydrogen (secondary N) is 1. The third kappa shape index (κ3) is 2.06. The Balaban J connectivity index is 2.39. The normalized spacial score (nSPS) is 27.1. The lowest BCUT2D eigenvalue weighted by molar-refractivity contribution is 0.0941. The molecule has 1 heterocycles. The number of alkyl carbamates (subject to hydrolysis) is 1. The molecule has 0 aromatic heterocycles. The van der Waals surface area contributed by atoms with Crippen LogP contribution < -0.4 is 5.32 Å². The Labute approximate surface area is 64.9 Å². The monoisotopic (exact) mass is 161 g/mol. The van der Waals surface area contributed by atoms with Gasteiger partial charge < -0.3 is 10.1 Å². The number of carbonyl (C=O) groups excluding carboxylic acids is 1. The van der Waals surface area contributed by atoms with Gasteiger partial charge in [0, 0.05) is 6.42 Å². The zero-order chi connectivity index (χ0) is 8.27. The van der Waals surface area contributed by atoms with E-state index in [1.54, 1.807) is 6.92 Å². The van der Waals surface area contributed by atoms with Gasteiger partial charge in [0.15, 0.2) is 0 Å². The standard InChI is InChI=1S/C7H12FNO2/c1-2-5(8)6-3-4-11-7(10)9-6/h5-6H,2-4H2,1H3,(H,9,10)/t5-,6+/m0/s1. The van der Waals surface area contributed by atoms with Gasteiger partial charge in [-0.15, -0.1) is 0 Å². The van der Waals surface area contributed by atoms with Crippen LogP contribution in [0.15, 0.2) is 0 Å². The van der Waals surface area contributed by atoms with Crippen molar-refractivity contribution in [3.63, 3.8) is 0 Å². The molecule has 1 amide bonds. The van der Waals surface area contributed by atoms with Gasteiger partial charge in [0.05, 0.1) is 12.6 Å². The fourth-order valence-electron chi connectivity index (χ4n) is 1.10. The summed E-state index contributed by atoms with van der Waals surface area (Å²) in [5.41, 5.74) is 0. The maximum Gasteiger partial charge on any atom is 0.407 e. The second kappa shape index (κ2) is 3.55.